The molecule has 112 valence electrons. The molecule has 5 nitrogen and oxygen atoms in total. The number of aromatic nitrogens is 2. The van der Waals surface area contributed by atoms with Gasteiger partial charge in [-0.05, 0) is 37.0 Å². The summed E-state index contributed by atoms with van der Waals surface area (Å²) in [4.78, 5) is 8.53. The molecule has 1 saturated carbocycles. The number of nitrogens with one attached hydrogen (secondary N) is 1. The van der Waals surface area contributed by atoms with Crippen molar-refractivity contribution in [2.24, 2.45) is 5.92 Å². The summed E-state index contributed by atoms with van der Waals surface area (Å²) in [6.07, 6.45) is 5.51. The molecule has 1 aromatic carbocycles. The standard InChI is InChI=1S/C16H22N4O/c1-11-3-2-6-16(21,8-11)9-18-15-13-5-4-12(17)7-14(13)19-10-20-15/h4-5,7,10-11,21H,2-3,6,8-9,17H2,1H3,(H,18,19,20). The van der Waals surface area contributed by atoms with E-state index < -0.39 is 5.60 Å². The molecule has 3 rings (SSSR count). The second-order valence-electron chi connectivity index (χ2n) is 6.28. The van der Waals surface area contributed by atoms with Crippen molar-refractivity contribution >= 4 is 22.4 Å². The highest BCUT2D eigenvalue weighted by Gasteiger charge is 2.32. The Balaban J connectivity index is 1.79. The zero-order valence-corrected chi connectivity index (χ0v) is 12.3. The highest BCUT2D eigenvalue weighted by molar-refractivity contribution is 5.90. The van der Waals surface area contributed by atoms with E-state index in [4.69, 9.17) is 5.73 Å². The van der Waals surface area contributed by atoms with Crippen LogP contribution in [0.4, 0.5) is 11.5 Å². The minimum Gasteiger partial charge on any atom is -0.399 e. The summed E-state index contributed by atoms with van der Waals surface area (Å²) in [6.45, 7) is 2.72. The molecule has 2 unspecified atom stereocenters. The second kappa shape index (κ2) is 5.48. The molecule has 2 aromatic rings. The van der Waals surface area contributed by atoms with Crippen LogP contribution >= 0.6 is 0 Å². The molecule has 0 spiro atoms. The zero-order valence-electron chi connectivity index (χ0n) is 12.3. The van der Waals surface area contributed by atoms with E-state index in [0.717, 1.165) is 36.0 Å². The van der Waals surface area contributed by atoms with Gasteiger partial charge in [0, 0.05) is 17.6 Å². The van der Waals surface area contributed by atoms with Gasteiger partial charge in [0.15, 0.2) is 0 Å². The van der Waals surface area contributed by atoms with Crippen LogP contribution in [0.3, 0.4) is 0 Å². The molecular formula is C16H22N4O. The first-order valence-corrected chi connectivity index (χ1v) is 7.52. The lowest BCUT2D eigenvalue weighted by Crippen LogP contribution is -2.41. The summed E-state index contributed by atoms with van der Waals surface area (Å²) in [6, 6.07) is 5.59. The lowest BCUT2D eigenvalue weighted by molar-refractivity contribution is -0.000802. The zero-order chi connectivity index (χ0) is 14.9. The van der Waals surface area contributed by atoms with Gasteiger partial charge in [-0.2, -0.15) is 0 Å². The normalized spacial score (nSPS) is 25.9. The van der Waals surface area contributed by atoms with Crippen LogP contribution in [0.25, 0.3) is 10.9 Å². The maximum atomic E-state index is 10.7. The van der Waals surface area contributed by atoms with Crippen LogP contribution in [0.5, 0.6) is 0 Å². The third kappa shape index (κ3) is 3.08. The van der Waals surface area contributed by atoms with E-state index in [1.807, 2.05) is 18.2 Å². The molecule has 2 atom stereocenters. The number of rotatable bonds is 3. The Morgan fingerprint density at radius 3 is 3.10 bits per heavy atom. The third-order valence-corrected chi connectivity index (χ3v) is 4.31. The van der Waals surface area contributed by atoms with Crippen molar-refractivity contribution in [3.63, 3.8) is 0 Å². The van der Waals surface area contributed by atoms with Gasteiger partial charge in [-0.15, -0.1) is 0 Å². The first-order valence-electron chi connectivity index (χ1n) is 7.52. The van der Waals surface area contributed by atoms with Crippen LogP contribution < -0.4 is 11.1 Å². The summed E-state index contributed by atoms with van der Waals surface area (Å²) in [5.41, 5.74) is 6.65. The number of nitrogens with two attached hydrogens (primary N) is 1. The van der Waals surface area contributed by atoms with Crippen LogP contribution in [0.1, 0.15) is 32.6 Å². The maximum Gasteiger partial charge on any atom is 0.137 e. The van der Waals surface area contributed by atoms with Gasteiger partial charge in [-0.1, -0.05) is 19.8 Å². The topological polar surface area (TPSA) is 84.1 Å². The predicted molar refractivity (Wildman–Crippen MR) is 85.0 cm³/mol. The summed E-state index contributed by atoms with van der Waals surface area (Å²) in [5, 5.41) is 14.9. The summed E-state index contributed by atoms with van der Waals surface area (Å²) in [7, 11) is 0. The molecule has 0 saturated heterocycles. The Hall–Kier alpha value is -1.88. The fourth-order valence-corrected chi connectivity index (χ4v) is 3.26. The van der Waals surface area contributed by atoms with Crippen molar-refractivity contribution < 1.29 is 5.11 Å². The van der Waals surface area contributed by atoms with Crippen LogP contribution in [0.2, 0.25) is 0 Å². The minimum atomic E-state index is -0.636. The van der Waals surface area contributed by atoms with E-state index in [-0.39, 0.29) is 0 Å². The first kappa shape index (κ1) is 14.1. The molecule has 21 heavy (non-hydrogen) atoms. The van der Waals surface area contributed by atoms with Crippen molar-refractivity contribution in [3.8, 4) is 0 Å². The molecule has 1 heterocycles. The number of fused-ring (bicyclic) bond motifs is 1. The first-order chi connectivity index (χ1) is 10.1. The molecule has 1 aromatic heterocycles. The van der Waals surface area contributed by atoms with Crippen molar-refractivity contribution in [1.82, 2.24) is 9.97 Å². The van der Waals surface area contributed by atoms with Gasteiger partial charge in [-0.25, -0.2) is 9.97 Å². The number of anilines is 2. The summed E-state index contributed by atoms with van der Waals surface area (Å²) >= 11 is 0. The predicted octanol–water partition coefficient (Wildman–Crippen LogP) is 2.57. The number of hydrogen-bond donors (Lipinski definition) is 3. The van der Waals surface area contributed by atoms with Gasteiger partial charge in [0.05, 0.1) is 11.1 Å². The number of aliphatic hydroxyl groups is 1. The fourth-order valence-electron chi connectivity index (χ4n) is 3.26. The SMILES string of the molecule is CC1CCCC(O)(CNc2ncnc3cc(N)ccc23)C1. The van der Waals surface area contributed by atoms with Gasteiger partial charge < -0.3 is 16.2 Å². The number of hydrogen-bond acceptors (Lipinski definition) is 5. The van der Waals surface area contributed by atoms with E-state index in [2.05, 4.69) is 22.2 Å². The Morgan fingerprint density at radius 2 is 2.29 bits per heavy atom. The van der Waals surface area contributed by atoms with E-state index in [1.54, 1.807) is 0 Å². The largest absolute Gasteiger partial charge is 0.399 e. The van der Waals surface area contributed by atoms with Gasteiger partial charge in [0.2, 0.25) is 0 Å². The van der Waals surface area contributed by atoms with Crippen LogP contribution in [0, 0.1) is 5.92 Å². The second-order valence-corrected chi connectivity index (χ2v) is 6.28. The summed E-state index contributed by atoms with van der Waals surface area (Å²) in [5.74, 6) is 1.33. The molecule has 4 N–H and O–H groups in total. The monoisotopic (exact) mass is 286 g/mol. The Labute approximate surface area is 124 Å². The molecule has 1 fully saturated rings. The average Bonchev–Trinajstić information content (AvgIpc) is 2.44. The van der Waals surface area contributed by atoms with Crippen molar-refractivity contribution in [2.75, 3.05) is 17.6 Å². The molecule has 5 heteroatoms. The quantitative estimate of drug-likeness (QED) is 0.755. The van der Waals surface area contributed by atoms with Crippen LogP contribution in [0.15, 0.2) is 24.5 Å². The van der Waals surface area contributed by atoms with E-state index >= 15 is 0 Å². The maximum absolute atomic E-state index is 10.7. The molecule has 1 aliphatic rings. The Kier molecular flexibility index (Phi) is 3.68. The van der Waals surface area contributed by atoms with Crippen LogP contribution in [-0.4, -0.2) is 27.2 Å². The minimum absolute atomic E-state index is 0.522. The highest BCUT2D eigenvalue weighted by atomic mass is 16.3. The Bertz CT molecular complexity index is 645. The number of benzene rings is 1. The molecule has 0 bridgehead atoms. The fraction of sp³-hybridized carbons (Fsp3) is 0.500. The van der Waals surface area contributed by atoms with Gasteiger partial charge >= 0.3 is 0 Å². The number of nitrogen functional groups attached to an aromatic ring is 1. The van der Waals surface area contributed by atoms with Crippen molar-refractivity contribution in [3.05, 3.63) is 24.5 Å². The van der Waals surface area contributed by atoms with Crippen molar-refractivity contribution in [2.45, 2.75) is 38.2 Å². The highest BCUT2D eigenvalue weighted by Crippen LogP contribution is 2.32. The smallest absolute Gasteiger partial charge is 0.137 e. The molecule has 0 amide bonds. The molecule has 0 aliphatic heterocycles. The molecule has 1 aliphatic carbocycles. The average molecular weight is 286 g/mol. The third-order valence-electron chi connectivity index (χ3n) is 4.31. The van der Waals surface area contributed by atoms with Crippen molar-refractivity contribution in [1.29, 1.82) is 0 Å². The number of nitrogens with zero attached hydrogens (tertiary/aromatic N) is 2. The lowest BCUT2D eigenvalue weighted by Gasteiger charge is -2.35. The lowest BCUT2D eigenvalue weighted by atomic mass is 9.79. The van der Waals surface area contributed by atoms with Gasteiger partial charge in [0.25, 0.3) is 0 Å². The van der Waals surface area contributed by atoms with Gasteiger partial charge in [0.1, 0.15) is 12.1 Å². The Morgan fingerprint density at radius 1 is 1.43 bits per heavy atom. The molecular weight excluding hydrogens is 264 g/mol. The van der Waals surface area contributed by atoms with Crippen LogP contribution in [-0.2, 0) is 0 Å². The molecule has 0 radical (unpaired) electrons. The van der Waals surface area contributed by atoms with E-state index in [0.29, 0.717) is 18.2 Å². The van der Waals surface area contributed by atoms with E-state index in [1.165, 1.54) is 12.7 Å². The van der Waals surface area contributed by atoms with Gasteiger partial charge in [-0.3, -0.25) is 0 Å². The summed E-state index contributed by atoms with van der Waals surface area (Å²) < 4.78 is 0. The van der Waals surface area contributed by atoms with E-state index in [9.17, 15) is 5.11 Å².